The SMILES string of the molecule is O=C(Cl)c1cc2cccn2cn1. The molecule has 0 spiro atoms. The molecule has 2 aromatic rings. The van der Waals surface area contributed by atoms with Crippen molar-refractivity contribution in [3.63, 3.8) is 0 Å². The first-order valence-electron chi connectivity index (χ1n) is 3.40. The maximum absolute atomic E-state index is 10.7. The molecule has 0 aliphatic carbocycles. The Hall–Kier alpha value is -1.35. The molecule has 0 fully saturated rings. The number of rotatable bonds is 1. The Balaban J connectivity index is 2.68. The zero-order valence-electron chi connectivity index (χ0n) is 6.07. The van der Waals surface area contributed by atoms with Gasteiger partial charge in [0.1, 0.15) is 5.69 Å². The minimum Gasteiger partial charge on any atom is -0.308 e. The van der Waals surface area contributed by atoms with Crippen LogP contribution in [0.15, 0.2) is 30.7 Å². The minimum atomic E-state index is -0.529. The summed E-state index contributed by atoms with van der Waals surface area (Å²) < 4.78 is 1.81. The van der Waals surface area contributed by atoms with E-state index in [1.54, 1.807) is 12.4 Å². The van der Waals surface area contributed by atoms with E-state index in [4.69, 9.17) is 11.6 Å². The highest BCUT2D eigenvalue weighted by atomic mass is 35.5. The van der Waals surface area contributed by atoms with Crippen molar-refractivity contribution >= 4 is 22.4 Å². The molecule has 2 rings (SSSR count). The van der Waals surface area contributed by atoms with E-state index in [0.29, 0.717) is 0 Å². The molecule has 0 aromatic carbocycles. The summed E-state index contributed by atoms with van der Waals surface area (Å²) in [6.45, 7) is 0. The second kappa shape index (κ2) is 2.60. The molecule has 2 aromatic heterocycles. The van der Waals surface area contributed by atoms with E-state index in [2.05, 4.69) is 4.98 Å². The van der Waals surface area contributed by atoms with E-state index in [1.165, 1.54) is 0 Å². The minimum absolute atomic E-state index is 0.280. The van der Waals surface area contributed by atoms with Gasteiger partial charge in [0.05, 0.1) is 6.33 Å². The summed E-state index contributed by atoms with van der Waals surface area (Å²) in [7, 11) is 0. The number of hydrogen-bond acceptors (Lipinski definition) is 2. The Morgan fingerprint density at radius 3 is 3.17 bits per heavy atom. The van der Waals surface area contributed by atoms with Gasteiger partial charge in [-0.05, 0) is 29.8 Å². The number of carbonyl (C=O) groups is 1. The summed E-state index contributed by atoms with van der Waals surface area (Å²) in [6, 6.07) is 5.40. The molecule has 2 heterocycles. The topological polar surface area (TPSA) is 34.4 Å². The quantitative estimate of drug-likeness (QED) is 0.627. The molecule has 0 aliphatic heterocycles. The molecule has 4 heteroatoms. The fourth-order valence-corrected chi connectivity index (χ4v) is 1.15. The Morgan fingerprint density at radius 2 is 2.42 bits per heavy atom. The summed E-state index contributed by atoms with van der Waals surface area (Å²) in [6.07, 6.45) is 3.41. The molecule has 0 saturated carbocycles. The molecule has 60 valence electrons. The van der Waals surface area contributed by atoms with E-state index < -0.39 is 5.24 Å². The highest BCUT2D eigenvalue weighted by molar-refractivity contribution is 6.67. The fourth-order valence-electron chi connectivity index (χ4n) is 1.04. The van der Waals surface area contributed by atoms with Crippen molar-refractivity contribution in [2.45, 2.75) is 0 Å². The number of carbonyl (C=O) groups excluding carboxylic acids is 1. The van der Waals surface area contributed by atoms with Crippen LogP contribution < -0.4 is 0 Å². The van der Waals surface area contributed by atoms with Crippen LogP contribution in [0.1, 0.15) is 10.5 Å². The van der Waals surface area contributed by atoms with Crippen LogP contribution in [0, 0.1) is 0 Å². The molecule has 0 aliphatic rings. The first-order chi connectivity index (χ1) is 5.77. The van der Waals surface area contributed by atoms with E-state index in [-0.39, 0.29) is 5.69 Å². The van der Waals surface area contributed by atoms with Gasteiger partial charge in [0.25, 0.3) is 5.24 Å². The second-order valence-electron chi connectivity index (χ2n) is 2.39. The average Bonchev–Trinajstić information content (AvgIpc) is 2.49. The van der Waals surface area contributed by atoms with E-state index in [1.807, 2.05) is 22.7 Å². The van der Waals surface area contributed by atoms with Crippen molar-refractivity contribution < 1.29 is 4.79 Å². The van der Waals surface area contributed by atoms with Crippen LogP contribution in [-0.4, -0.2) is 14.6 Å². The predicted molar refractivity (Wildman–Crippen MR) is 45.4 cm³/mol. The molecule has 0 unspecified atom stereocenters. The van der Waals surface area contributed by atoms with Gasteiger partial charge in [0.15, 0.2) is 0 Å². The summed E-state index contributed by atoms with van der Waals surface area (Å²) in [4.78, 5) is 14.6. The number of halogens is 1. The van der Waals surface area contributed by atoms with Gasteiger partial charge in [-0.1, -0.05) is 0 Å². The molecular weight excluding hydrogens is 176 g/mol. The van der Waals surface area contributed by atoms with Gasteiger partial charge in [-0.15, -0.1) is 0 Å². The highest BCUT2D eigenvalue weighted by Crippen LogP contribution is 2.06. The van der Waals surface area contributed by atoms with Crippen molar-refractivity contribution in [3.8, 4) is 0 Å². The molecule has 3 nitrogen and oxygen atoms in total. The maximum Gasteiger partial charge on any atom is 0.270 e. The number of nitrogens with zero attached hydrogens (tertiary/aromatic N) is 2. The van der Waals surface area contributed by atoms with Gasteiger partial charge in [-0.3, -0.25) is 4.79 Å². The number of fused-ring (bicyclic) bond motifs is 1. The van der Waals surface area contributed by atoms with E-state index in [9.17, 15) is 4.79 Å². The fraction of sp³-hybridized carbons (Fsp3) is 0. The monoisotopic (exact) mass is 180 g/mol. The van der Waals surface area contributed by atoms with Crippen LogP contribution >= 0.6 is 11.6 Å². The van der Waals surface area contributed by atoms with Gasteiger partial charge in [0, 0.05) is 11.7 Å². The number of hydrogen-bond donors (Lipinski definition) is 0. The molecule has 12 heavy (non-hydrogen) atoms. The maximum atomic E-state index is 10.7. The third-order valence-corrected chi connectivity index (χ3v) is 1.81. The normalized spacial score (nSPS) is 10.4. The molecule has 0 bridgehead atoms. The smallest absolute Gasteiger partial charge is 0.270 e. The Kier molecular flexibility index (Phi) is 1.59. The van der Waals surface area contributed by atoms with Crippen LogP contribution in [0.25, 0.3) is 5.52 Å². The standard InChI is InChI=1S/C8H5ClN2O/c9-8(12)7-4-6-2-1-3-11(6)5-10-7/h1-5H. The van der Waals surface area contributed by atoms with E-state index >= 15 is 0 Å². The molecule has 0 radical (unpaired) electrons. The molecule has 0 N–H and O–H groups in total. The van der Waals surface area contributed by atoms with Crippen LogP contribution in [0.4, 0.5) is 0 Å². The first kappa shape index (κ1) is 7.31. The Labute approximate surface area is 73.6 Å². The third-order valence-electron chi connectivity index (χ3n) is 1.62. The summed E-state index contributed by atoms with van der Waals surface area (Å²) in [5, 5.41) is -0.529. The summed E-state index contributed by atoms with van der Waals surface area (Å²) >= 11 is 5.26. The molecule has 0 saturated heterocycles. The van der Waals surface area contributed by atoms with Crippen molar-refractivity contribution in [3.05, 3.63) is 36.4 Å². The lowest BCUT2D eigenvalue weighted by molar-refractivity contribution is 0.107. The lowest BCUT2D eigenvalue weighted by Gasteiger charge is -1.94. The predicted octanol–water partition coefficient (Wildman–Crippen LogP) is 1.71. The van der Waals surface area contributed by atoms with Crippen LogP contribution in [0.2, 0.25) is 0 Å². The van der Waals surface area contributed by atoms with Crippen molar-refractivity contribution in [2.24, 2.45) is 0 Å². The highest BCUT2D eigenvalue weighted by Gasteiger charge is 2.03. The molecular formula is C8H5ClN2O. The van der Waals surface area contributed by atoms with Crippen molar-refractivity contribution in [1.82, 2.24) is 9.38 Å². The molecule has 0 amide bonds. The van der Waals surface area contributed by atoms with Crippen molar-refractivity contribution in [2.75, 3.05) is 0 Å². The largest absolute Gasteiger partial charge is 0.308 e. The Bertz CT molecular complexity index is 435. The first-order valence-corrected chi connectivity index (χ1v) is 3.78. The number of aromatic nitrogens is 2. The summed E-state index contributed by atoms with van der Waals surface area (Å²) in [5.41, 5.74) is 1.19. The van der Waals surface area contributed by atoms with Gasteiger partial charge in [0.2, 0.25) is 0 Å². The van der Waals surface area contributed by atoms with Gasteiger partial charge in [-0.25, -0.2) is 4.98 Å². The zero-order valence-corrected chi connectivity index (χ0v) is 6.82. The van der Waals surface area contributed by atoms with Crippen molar-refractivity contribution in [1.29, 1.82) is 0 Å². The molecule has 0 atom stereocenters. The average molecular weight is 181 g/mol. The second-order valence-corrected chi connectivity index (χ2v) is 2.73. The van der Waals surface area contributed by atoms with Crippen LogP contribution in [-0.2, 0) is 0 Å². The van der Waals surface area contributed by atoms with Gasteiger partial charge >= 0.3 is 0 Å². The van der Waals surface area contributed by atoms with Gasteiger partial charge < -0.3 is 4.40 Å². The summed E-state index contributed by atoms with van der Waals surface area (Å²) in [5.74, 6) is 0. The Morgan fingerprint density at radius 1 is 1.58 bits per heavy atom. The third kappa shape index (κ3) is 1.08. The lowest BCUT2D eigenvalue weighted by Crippen LogP contribution is -1.95. The van der Waals surface area contributed by atoms with Crippen LogP contribution in [0.5, 0.6) is 0 Å². The van der Waals surface area contributed by atoms with Gasteiger partial charge in [-0.2, -0.15) is 0 Å². The zero-order chi connectivity index (χ0) is 8.55. The van der Waals surface area contributed by atoms with E-state index in [0.717, 1.165) is 5.52 Å². The van der Waals surface area contributed by atoms with Crippen LogP contribution in [0.3, 0.4) is 0 Å². The lowest BCUT2D eigenvalue weighted by atomic mass is 10.4.